The van der Waals surface area contributed by atoms with Crippen molar-refractivity contribution in [1.82, 2.24) is 4.98 Å². The number of nitro groups is 1. The van der Waals surface area contributed by atoms with E-state index in [0.717, 1.165) is 32.1 Å². The van der Waals surface area contributed by atoms with Crippen LogP contribution in [0.25, 0.3) is 0 Å². The zero-order valence-corrected chi connectivity index (χ0v) is 12.9. The van der Waals surface area contributed by atoms with Gasteiger partial charge in [0.25, 0.3) is 0 Å². The Kier molecular flexibility index (Phi) is 6.77. The topological polar surface area (TPSA) is 68.1 Å². The van der Waals surface area contributed by atoms with Gasteiger partial charge in [-0.15, -0.1) is 0 Å². The van der Waals surface area contributed by atoms with Crippen LogP contribution in [0.3, 0.4) is 0 Å². The van der Waals surface area contributed by atoms with E-state index in [1.54, 1.807) is 6.20 Å². The standard InChI is InChI=1S/C13H20BrN3O2/c1-3-5-7-11(6-4-2)16-13-12(17(18)19)8-10(14)9-15-13/h8-9,11H,3-7H2,1-2H3,(H,15,16). The monoisotopic (exact) mass is 329 g/mol. The first-order valence-electron chi connectivity index (χ1n) is 6.64. The van der Waals surface area contributed by atoms with Gasteiger partial charge in [-0.2, -0.15) is 0 Å². The number of nitrogens with zero attached hydrogens (tertiary/aromatic N) is 2. The van der Waals surface area contributed by atoms with Crippen molar-refractivity contribution in [2.24, 2.45) is 0 Å². The number of halogens is 1. The maximum absolute atomic E-state index is 11.0. The first-order valence-corrected chi connectivity index (χ1v) is 7.44. The van der Waals surface area contributed by atoms with Crippen LogP contribution in [0.15, 0.2) is 16.7 Å². The average Bonchev–Trinajstić information content (AvgIpc) is 2.38. The lowest BCUT2D eigenvalue weighted by molar-refractivity contribution is -0.384. The van der Waals surface area contributed by atoms with Gasteiger partial charge in [0, 0.05) is 22.8 Å². The van der Waals surface area contributed by atoms with E-state index in [0.29, 0.717) is 10.3 Å². The Morgan fingerprint density at radius 2 is 2.16 bits per heavy atom. The number of hydrogen-bond donors (Lipinski definition) is 1. The first kappa shape index (κ1) is 15.9. The predicted octanol–water partition coefficient (Wildman–Crippen LogP) is 4.52. The summed E-state index contributed by atoms with van der Waals surface area (Å²) in [7, 11) is 0. The van der Waals surface area contributed by atoms with Gasteiger partial charge in [0.2, 0.25) is 5.82 Å². The average molecular weight is 330 g/mol. The highest BCUT2D eigenvalue weighted by atomic mass is 79.9. The molecule has 0 aromatic carbocycles. The zero-order chi connectivity index (χ0) is 14.3. The number of nitrogens with one attached hydrogen (secondary N) is 1. The van der Waals surface area contributed by atoms with Crippen LogP contribution < -0.4 is 5.32 Å². The molecular formula is C13H20BrN3O2. The normalized spacial score (nSPS) is 12.2. The van der Waals surface area contributed by atoms with Gasteiger partial charge in [0.1, 0.15) is 0 Å². The van der Waals surface area contributed by atoms with Gasteiger partial charge in [0.15, 0.2) is 0 Å². The van der Waals surface area contributed by atoms with E-state index < -0.39 is 4.92 Å². The van der Waals surface area contributed by atoms with E-state index in [9.17, 15) is 10.1 Å². The Morgan fingerprint density at radius 1 is 1.42 bits per heavy atom. The van der Waals surface area contributed by atoms with Crippen molar-refractivity contribution in [2.75, 3.05) is 5.32 Å². The van der Waals surface area contributed by atoms with Gasteiger partial charge in [0.05, 0.1) is 4.92 Å². The molecule has 1 N–H and O–H groups in total. The van der Waals surface area contributed by atoms with Crippen LogP contribution in [0.5, 0.6) is 0 Å². The number of unbranched alkanes of at least 4 members (excludes halogenated alkanes) is 1. The van der Waals surface area contributed by atoms with E-state index in [2.05, 4.69) is 40.1 Å². The molecule has 0 radical (unpaired) electrons. The number of pyridine rings is 1. The summed E-state index contributed by atoms with van der Waals surface area (Å²) in [5.41, 5.74) is 0.0203. The quantitative estimate of drug-likeness (QED) is 0.562. The summed E-state index contributed by atoms with van der Waals surface area (Å²) in [6.07, 6.45) is 6.87. The Bertz CT molecular complexity index is 426. The largest absolute Gasteiger partial charge is 0.362 e. The highest BCUT2D eigenvalue weighted by Crippen LogP contribution is 2.27. The number of aromatic nitrogens is 1. The van der Waals surface area contributed by atoms with Gasteiger partial charge in [-0.25, -0.2) is 4.98 Å². The lowest BCUT2D eigenvalue weighted by Gasteiger charge is -2.18. The second-order valence-corrected chi connectivity index (χ2v) is 5.47. The summed E-state index contributed by atoms with van der Waals surface area (Å²) in [6, 6.07) is 1.73. The van der Waals surface area contributed by atoms with Gasteiger partial charge in [-0.3, -0.25) is 10.1 Å². The molecule has 106 valence electrons. The van der Waals surface area contributed by atoms with E-state index in [-0.39, 0.29) is 11.7 Å². The van der Waals surface area contributed by atoms with Crippen molar-refractivity contribution in [3.8, 4) is 0 Å². The van der Waals surface area contributed by atoms with E-state index in [1.165, 1.54) is 6.07 Å². The van der Waals surface area contributed by atoms with E-state index in [1.807, 2.05) is 0 Å². The summed E-state index contributed by atoms with van der Waals surface area (Å²) in [4.78, 5) is 14.8. The van der Waals surface area contributed by atoms with Crippen LogP contribution in [0, 0.1) is 10.1 Å². The molecule has 1 aromatic heterocycles. The molecule has 0 aliphatic heterocycles. The molecule has 1 unspecified atom stereocenters. The van der Waals surface area contributed by atoms with Crippen molar-refractivity contribution in [2.45, 2.75) is 52.0 Å². The summed E-state index contributed by atoms with van der Waals surface area (Å²) >= 11 is 3.21. The van der Waals surface area contributed by atoms with Crippen molar-refractivity contribution in [3.63, 3.8) is 0 Å². The fraction of sp³-hybridized carbons (Fsp3) is 0.615. The van der Waals surface area contributed by atoms with Crippen LogP contribution in [0.4, 0.5) is 11.5 Å². The highest BCUT2D eigenvalue weighted by molar-refractivity contribution is 9.10. The lowest BCUT2D eigenvalue weighted by atomic mass is 10.1. The highest BCUT2D eigenvalue weighted by Gasteiger charge is 2.18. The van der Waals surface area contributed by atoms with Crippen LogP contribution in [0.2, 0.25) is 0 Å². The third-order valence-electron chi connectivity index (χ3n) is 2.92. The molecule has 0 aliphatic carbocycles. The molecule has 1 aromatic rings. The molecule has 0 fully saturated rings. The Labute approximate surface area is 122 Å². The third kappa shape index (κ3) is 5.14. The molecule has 0 aliphatic rings. The fourth-order valence-corrected chi connectivity index (χ4v) is 2.28. The number of hydrogen-bond acceptors (Lipinski definition) is 4. The molecule has 5 nitrogen and oxygen atoms in total. The first-order chi connectivity index (χ1) is 9.08. The van der Waals surface area contributed by atoms with Gasteiger partial charge in [-0.1, -0.05) is 33.1 Å². The maximum atomic E-state index is 11.0. The smallest absolute Gasteiger partial charge is 0.312 e. The number of anilines is 1. The molecule has 0 spiro atoms. The Morgan fingerprint density at radius 3 is 2.74 bits per heavy atom. The molecule has 0 saturated carbocycles. The maximum Gasteiger partial charge on any atom is 0.312 e. The molecular weight excluding hydrogens is 310 g/mol. The molecule has 0 bridgehead atoms. The van der Waals surface area contributed by atoms with E-state index >= 15 is 0 Å². The van der Waals surface area contributed by atoms with Crippen LogP contribution >= 0.6 is 15.9 Å². The molecule has 0 amide bonds. The molecule has 0 saturated heterocycles. The van der Waals surface area contributed by atoms with E-state index in [4.69, 9.17) is 0 Å². The van der Waals surface area contributed by atoms with Crippen molar-refractivity contribution >= 4 is 27.4 Å². The lowest BCUT2D eigenvalue weighted by Crippen LogP contribution is -2.20. The zero-order valence-electron chi connectivity index (χ0n) is 11.4. The fourth-order valence-electron chi connectivity index (χ4n) is 1.96. The minimum Gasteiger partial charge on any atom is -0.362 e. The summed E-state index contributed by atoms with van der Waals surface area (Å²) in [5.74, 6) is 0.364. The molecule has 1 heterocycles. The van der Waals surface area contributed by atoms with Crippen LogP contribution in [0.1, 0.15) is 46.0 Å². The van der Waals surface area contributed by atoms with Crippen LogP contribution in [-0.2, 0) is 0 Å². The van der Waals surface area contributed by atoms with Gasteiger partial charge in [-0.05, 0) is 28.8 Å². The minimum atomic E-state index is -0.400. The third-order valence-corrected chi connectivity index (χ3v) is 3.35. The Balaban J connectivity index is 2.85. The molecule has 1 atom stereocenters. The van der Waals surface area contributed by atoms with Crippen molar-refractivity contribution in [3.05, 3.63) is 26.9 Å². The summed E-state index contributed by atoms with van der Waals surface area (Å²) < 4.78 is 0.616. The number of rotatable bonds is 8. The SMILES string of the molecule is CCCCC(CCC)Nc1ncc(Br)cc1[N+](=O)[O-]. The summed E-state index contributed by atoms with van der Waals surface area (Å²) in [5, 5.41) is 14.3. The summed E-state index contributed by atoms with van der Waals surface area (Å²) in [6.45, 7) is 4.26. The van der Waals surface area contributed by atoms with Gasteiger partial charge >= 0.3 is 5.69 Å². The minimum absolute atomic E-state index is 0.0203. The predicted molar refractivity (Wildman–Crippen MR) is 80.4 cm³/mol. The molecule has 1 rings (SSSR count). The van der Waals surface area contributed by atoms with Gasteiger partial charge < -0.3 is 5.32 Å². The van der Waals surface area contributed by atoms with Crippen LogP contribution in [-0.4, -0.2) is 15.9 Å². The Hall–Kier alpha value is -1.17. The molecule has 6 heteroatoms. The van der Waals surface area contributed by atoms with Crippen molar-refractivity contribution < 1.29 is 4.92 Å². The molecule has 19 heavy (non-hydrogen) atoms. The van der Waals surface area contributed by atoms with Crippen molar-refractivity contribution in [1.29, 1.82) is 0 Å². The second kappa shape index (κ2) is 8.09. The second-order valence-electron chi connectivity index (χ2n) is 4.55.